The Morgan fingerprint density at radius 2 is 2.15 bits per heavy atom. The summed E-state index contributed by atoms with van der Waals surface area (Å²) in [6.45, 7) is 0.0640. The number of hydrogen-bond acceptors (Lipinski definition) is 5. The molecular weight excluding hydrogens is 353 g/mol. The van der Waals surface area contributed by atoms with Crippen molar-refractivity contribution in [1.82, 2.24) is 15.2 Å². The van der Waals surface area contributed by atoms with Gasteiger partial charge < -0.3 is 20.7 Å². The highest BCUT2D eigenvalue weighted by molar-refractivity contribution is 5.94. The summed E-state index contributed by atoms with van der Waals surface area (Å²) >= 11 is 0. The highest BCUT2D eigenvalue weighted by Crippen LogP contribution is 2.20. The number of rotatable bonds is 6. The molecule has 2 heterocycles. The molecule has 2 rings (SSSR count). The minimum absolute atomic E-state index is 0.137. The highest BCUT2D eigenvalue weighted by Gasteiger charge is 2.30. The third-order valence-corrected chi connectivity index (χ3v) is 3.89. The van der Waals surface area contributed by atoms with Crippen LogP contribution in [0.5, 0.6) is 5.88 Å². The molecule has 0 bridgehead atoms. The molecule has 144 valence electrons. The van der Waals surface area contributed by atoms with Gasteiger partial charge in [-0.15, -0.1) is 0 Å². The van der Waals surface area contributed by atoms with Gasteiger partial charge in [-0.25, -0.2) is 4.98 Å². The molecule has 26 heavy (non-hydrogen) atoms. The van der Waals surface area contributed by atoms with Gasteiger partial charge in [0, 0.05) is 38.4 Å². The first-order valence-electron chi connectivity index (χ1n) is 8.23. The van der Waals surface area contributed by atoms with Gasteiger partial charge in [0.2, 0.25) is 11.8 Å². The average Bonchev–Trinajstić information content (AvgIpc) is 2.63. The first-order chi connectivity index (χ1) is 12.3. The van der Waals surface area contributed by atoms with E-state index in [1.165, 1.54) is 18.3 Å². The zero-order chi connectivity index (χ0) is 19.2. The van der Waals surface area contributed by atoms with Crippen molar-refractivity contribution in [2.75, 3.05) is 32.8 Å². The Labute approximate surface area is 148 Å². The number of hydrogen-bond donors (Lipinski definition) is 2. The van der Waals surface area contributed by atoms with E-state index in [9.17, 15) is 22.8 Å². The van der Waals surface area contributed by atoms with Crippen LogP contribution in [0.3, 0.4) is 0 Å². The van der Waals surface area contributed by atoms with Gasteiger partial charge in [0.25, 0.3) is 5.91 Å². The van der Waals surface area contributed by atoms with Crippen molar-refractivity contribution in [2.24, 2.45) is 11.7 Å². The lowest BCUT2D eigenvalue weighted by molar-refractivity contribution is -0.154. The van der Waals surface area contributed by atoms with Gasteiger partial charge in [0.1, 0.15) is 0 Å². The van der Waals surface area contributed by atoms with Gasteiger partial charge in [-0.05, 0) is 18.9 Å². The molecule has 1 aromatic rings. The molecular formula is C16H21F3N4O3. The largest absolute Gasteiger partial charge is 0.468 e. The number of nitrogens with two attached hydrogens (primary N) is 1. The van der Waals surface area contributed by atoms with E-state index in [2.05, 4.69) is 15.0 Å². The van der Waals surface area contributed by atoms with E-state index in [4.69, 9.17) is 5.73 Å². The number of likely N-dealkylation sites (tertiary alicyclic amines) is 1. The van der Waals surface area contributed by atoms with Crippen molar-refractivity contribution >= 4 is 11.8 Å². The molecule has 0 aliphatic carbocycles. The molecule has 1 aromatic heterocycles. The quantitative estimate of drug-likeness (QED) is 0.773. The van der Waals surface area contributed by atoms with Crippen LogP contribution in [0.1, 0.15) is 23.2 Å². The Balaban J connectivity index is 1.94. The Hall–Kier alpha value is -2.36. The molecule has 0 saturated carbocycles. The summed E-state index contributed by atoms with van der Waals surface area (Å²) in [7, 11) is 0. The van der Waals surface area contributed by atoms with Crippen LogP contribution in [0, 0.1) is 5.92 Å². The Morgan fingerprint density at radius 1 is 1.38 bits per heavy atom. The van der Waals surface area contributed by atoms with Crippen molar-refractivity contribution in [2.45, 2.75) is 19.0 Å². The van der Waals surface area contributed by atoms with E-state index < -0.39 is 12.8 Å². The monoisotopic (exact) mass is 374 g/mol. The Kier molecular flexibility index (Phi) is 6.78. The number of amides is 2. The third-order valence-electron chi connectivity index (χ3n) is 3.89. The molecule has 1 atom stereocenters. The SMILES string of the molecule is NCCNC(=O)C1CCCN(C(=O)c2ccc(OCC(F)(F)F)nc2)C1. The molecule has 1 fully saturated rings. The molecule has 1 aliphatic heterocycles. The second-order valence-electron chi connectivity index (χ2n) is 5.96. The lowest BCUT2D eigenvalue weighted by Crippen LogP contribution is -2.46. The van der Waals surface area contributed by atoms with Crippen LogP contribution in [0.4, 0.5) is 13.2 Å². The number of nitrogens with one attached hydrogen (secondary N) is 1. The fourth-order valence-corrected chi connectivity index (χ4v) is 2.65. The summed E-state index contributed by atoms with van der Waals surface area (Å²) in [5.41, 5.74) is 5.59. The maximum Gasteiger partial charge on any atom is 0.422 e. The molecule has 0 radical (unpaired) electrons. The van der Waals surface area contributed by atoms with E-state index in [-0.39, 0.29) is 35.7 Å². The number of nitrogens with zero attached hydrogens (tertiary/aromatic N) is 2. The number of ether oxygens (including phenoxy) is 1. The van der Waals surface area contributed by atoms with Crippen molar-refractivity contribution in [3.63, 3.8) is 0 Å². The van der Waals surface area contributed by atoms with Gasteiger partial charge >= 0.3 is 6.18 Å². The average molecular weight is 374 g/mol. The molecule has 0 aromatic carbocycles. The van der Waals surface area contributed by atoms with Gasteiger partial charge in [-0.3, -0.25) is 9.59 Å². The van der Waals surface area contributed by atoms with Gasteiger partial charge in [-0.1, -0.05) is 0 Å². The fourth-order valence-electron chi connectivity index (χ4n) is 2.65. The van der Waals surface area contributed by atoms with E-state index in [1.54, 1.807) is 4.90 Å². The number of carbonyl (C=O) groups excluding carboxylic acids is 2. The maximum absolute atomic E-state index is 12.5. The zero-order valence-corrected chi connectivity index (χ0v) is 14.1. The van der Waals surface area contributed by atoms with E-state index >= 15 is 0 Å². The first-order valence-corrected chi connectivity index (χ1v) is 8.23. The van der Waals surface area contributed by atoms with Crippen molar-refractivity contribution < 1.29 is 27.5 Å². The Bertz CT molecular complexity index is 622. The maximum atomic E-state index is 12.5. The summed E-state index contributed by atoms with van der Waals surface area (Å²) in [6.07, 6.45) is -1.91. The number of pyridine rings is 1. The highest BCUT2D eigenvalue weighted by atomic mass is 19.4. The van der Waals surface area contributed by atoms with Crippen molar-refractivity contribution in [3.05, 3.63) is 23.9 Å². The summed E-state index contributed by atoms with van der Waals surface area (Å²) < 4.78 is 40.9. The summed E-state index contributed by atoms with van der Waals surface area (Å²) in [5, 5.41) is 2.71. The van der Waals surface area contributed by atoms with Crippen LogP contribution in [-0.4, -0.2) is 60.7 Å². The summed E-state index contributed by atoms with van der Waals surface area (Å²) in [6, 6.07) is 2.58. The normalized spacial score (nSPS) is 17.7. The number of carbonyl (C=O) groups is 2. The minimum Gasteiger partial charge on any atom is -0.468 e. The molecule has 1 unspecified atom stereocenters. The predicted molar refractivity (Wildman–Crippen MR) is 86.5 cm³/mol. The molecule has 1 aliphatic rings. The molecule has 7 nitrogen and oxygen atoms in total. The standard InChI is InChI=1S/C16H21F3N4O3/c17-16(18,19)10-26-13-4-3-11(8-22-13)15(25)23-7-1-2-12(9-23)14(24)21-6-5-20/h3-4,8,12H,1-2,5-7,9-10,20H2,(H,21,24). The smallest absolute Gasteiger partial charge is 0.422 e. The second-order valence-corrected chi connectivity index (χ2v) is 5.96. The first kappa shape index (κ1) is 20.0. The lowest BCUT2D eigenvalue weighted by atomic mass is 9.96. The van der Waals surface area contributed by atoms with Gasteiger partial charge in [0.15, 0.2) is 6.61 Å². The number of piperidine rings is 1. The van der Waals surface area contributed by atoms with E-state index in [1.807, 2.05) is 0 Å². The second kappa shape index (κ2) is 8.84. The van der Waals surface area contributed by atoms with Crippen molar-refractivity contribution in [1.29, 1.82) is 0 Å². The molecule has 0 spiro atoms. The number of alkyl halides is 3. The van der Waals surface area contributed by atoms with Crippen LogP contribution in [0.2, 0.25) is 0 Å². The van der Waals surface area contributed by atoms with Crippen LogP contribution >= 0.6 is 0 Å². The lowest BCUT2D eigenvalue weighted by Gasteiger charge is -2.32. The number of halogens is 3. The molecule has 10 heteroatoms. The Morgan fingerprint density at radius 3 is 2.77 bits per heavy atom. The predicted octanol–water partition coefficient (Wildman–Crippen LogP) is 0.950. The topological polar surface area (TPSA) is 97.6 Å². The zero-order valence-electron chi connectivity index (χ0n) is 14.1. The number of aromatic nitrogens is 1. The van der Waals surface area contributed by atoms with E-state index in [0.717, 1.165) is 0 Å². The van der Waals surface area contributed by atoms with Crippen LogP contribution in [0.15, 0.2) is 18.3 Å². The van der Waals surface area contributed by atoms with Crippen LogP contribution in [-0.2, 0) is 4.79 Å². The van der Waals surface area contributed by atoms with Crippen LogP contribution < -0.4 is 15.8 Å². The molecule has 2 amide bonds. The summed E-state index contributed by atoms with van der Waals surface area (Å²) in [4.78, 5) is 29.8. The van der Waals surface area contributed by atoms with Gasteiger partial charge in [0.05, 0.1) is 11.5 Å². The third kappa shape index (κ3) is 5.87. The fraction of sp³-hybridized carbons (Fsp3) is 0.562. The van der Waals surface area contributed by atoms with Gasteiger partial charge in [-0.2, -0.15) is 13.2 Å². The summed E-state index contributed by atoms with van der Waals surface area (Å²) in [5.74, 6) is -0.976. The minimum atomic E-state index is -4.45. The van der Waals surface area contributed by atoms with E-state index in [0.29, 0.717) is 32.5 Å². The molecule has 1 saturated heterocycles. The van der Waals surface area contributed by atoms with Crippen LogP contribution in [0.25, 0.3) is 0 Å². The van der Waals surface area contributed by atoms with Crippen molar-refractivity contribution in [3.8, 4) is 5.88 Å². The molecule has 3 N–H and O–H groups in total.